The van der Waals surface area contributed by atoms with Crippen LogP contribution in [0.25, 0.3) is 0 Å². The van der Waals surface area contributed by atoms with Crippen LogP contribution < -0.4 is 11.1 Å². The molecule has 1 saturated heterocycles. The molecule has 0 spiro atoms. The number of anilines is 1. The van der Waals surface area contributed by atoms with Gasteiger partial charge in [-0.1, -0.05) is 12.1 Å². The third-order valence-electron chi connectivity index (χ3n) is 3.19. The highest BCUT2D eigenvalue weighted by molar-refractivity contribution is 5.39. The van der Waals surface area contributed by atoms with E-state index in [1.54, 1.807) is 0 Å². The number of ether oxygens (including phenoxy) is 1. The summed E-state index contributed by atoms with van der Waals surface area (Å²) in [5.41, 5.74) is 6.96. The molecule has 0 atom stereocenters. The number of aliphatic hydroxyl groups is 1. The molecule has 17 heavy (non-hydrogen) atoms. The van der Waals surface area contributed by atoms with Gasteiger partial charge >= 0.3 is 0 Å². The maximum atomic E-state index is 10.2. The zero-order valence-electron chi connectivity index (χ0n) is 9.98. The number of hydrogen-bond donors (Lipinski definition) is 3. The SMILES string of the molecule is Nc1ccc(CNCC2(O)CCOCC2)cc1. The van der Waals surface area contributed by atoms with E-state index in [1.165, 1.54) is 5.56 Å². The summed E-state index contributed by atoms with van der Waals surface area (Å²) in [5.74, 6) is 0. The molecule has 0 amide bonds. The highest BCUT2D eigenvalue weighted by atomic mass is 16.5. The van der Waals surface area contributed by atoms with Crippen molar-refractivity contribution in [2.45, 2.75) is 25.0 Å². The molecule has 94 valence electrons. The van der Waals surface area contributed by atoms with E-state index in [0.29, 0.717) is 32.6 Å². The Kier molecular flexibility index (Phi) is 3.99. The van der Waals surface area contributed by atoms with Gasteiger partial charge < -0.3 is 20.9 Å². The fraction of sp³-hybridized carbons (Fsp3) is 0.538. The number of nitrogens with two attached hydrogens (primary N) is 1. The predicted octanol–water partition coefficient (Wildman–Crippen LogP) is 0.900. The minimum absolute atomic E-state index is 0.605. The quantitative estimate of drug-likeness (QED) is 0.679. The standard InChI is InChI=1S/C13H20N2O2/c14-12-3-1-11(2-4-12)9-15-10-13(16)5-7-17-8-6-13/h1-4,15-16H,5-10,14H2. The lowest BCUT2D eigenvalue weighted by atomic mass is 9.94. The van der Waals surface area contributed by atoms with Crippen LogP contribution in [0.3, 0.4) is 0 Å². The molecule has 0 aliphatic carbocycles. The molecule has 0 radical (unpaired) electrons. The van der Waals surface area contributed by atoms with Gasteiger partial charge in [0.15, 0.2) is 0 Å². The lowest BCUT2D eigenvalue weighted by Gasteiger charge is -2.32. The van der Waals surface area contributed by atoms with Crippen LogP contribution in [0, 0.1) is 0 Å². The fourth-order valence-electron chi connectivity index (χ4n) is 2.00. The van der Waals surface area contributed by atoms with Gasteiger partial charge in [-0.15, -0.1) is 0 Å². The minimum Gasteiger partial charge on any atom is -0.399 e. The lowest BCUT2D eigenvalue weighted by Crippen LogP contribution is -2.44. The Morgan fingerprint density at radius 2 is 1.88 bits per heavy atom. The molecule has 1 aliphatic heterocycles. The largest absolute Gasteiger partial charge is 0.399 e. The predicted molar refractivity (Wildman–Crippen MR) is 67.6 cm³/mol. The van der Waals surface area contributed by atoms with E-state index in [0.717, 1.165) is 12.2 Å². The zero-order valence-corrected chi connectivity index (χ0v) is 9.98. The number of nitrogen functional groups attached to an aromatic ring is 1. The van der Waals surface area contributed by atoms with E-state index in [4.69, 9.17) is 10.5 Å². The van der Waals surface area contributed by atoms with Crippen LogP contribution >= 0.6 is 0 Å². The van der Waals surface area contributed by atoms with Crippen molar-refractivity contribution in [3.05, 3.63) is 29.8 Å². The summed E-state index contributed by atoms with van der Waals surface area (Å²) >= 11 is 0. The molecular formula is C13H20N2O2. The molecule has 1 heterocycles. The normalized spacial score (nSPS) is 19.1. The molecule has 1 aromatic carbocycles. The zero-order chi connectivity index (χ0) is 12.1. The maximum Gasteiger partial charge on any atom is 0.0815 e. The second kappa shape index (κ2) is 5.49. The van der Waals surface area contributed by atoms with Crippen LogP contribution in [-0.4, -0.2) is 30.5 Å². The highest BCUT2D eigenvalue weighted by Crippen LogP contribution is 2.19. The molecule has 0 saturated carbocycles. The molecule has 4 nitrogen and oxygen atoms in total. The highest BCUT2D eigenvalue weighted by Gasteiger charge is 2.28. The first kappa shape index (κ1) is 12.4. The first-order chi connectivity index (χ1) is 8.18. The van der Waals surface area contributed by atoms with E-state index in [9.17, 15) is 5.11 Å². The van der Waals surface area contributed by atoms with Gasteiger partial charge in [0.1, 0.15) is 0 Å². The van der Waals surface area contributed by atoms with Gasteiger partial charge in [-0.3, -0.25) is 0 Å². The molecular weight excluding hydrogens is 216 g/mol. The van der Waals surface area contributed by atoms with Crippen LogP contribution in [0.15, 0.2) is 24.3 Å². The smallest absolute Gasteiger partial charge is 0.0815 e. The van der Waals surface area contributed by atoms with Crippen molar-refractivity contribution >= 4 is 5.69 Å². The van der Waals surface area contributed by atoms with E-state index < -0.39 is 5.60 Å². The summed E-state index contributed by atoms with van der Waals surface area (Å²) in [7, 11) is 0. The molecule has 2 rings (SSSR count). The van der Waals surface area contributed by atoms with Gasteiger partial charge in [0, 0.05) is 44.8 Å². The van der Waals surface area contributed by atoms with E-state index in [2.05, 4.69) is 5.32 Å². The number of rotatable bonds is 4. The van der Waals surface area contributed by atoms with Crippen molar-refractivity contribution in [2.75, 3.05) is 25.5 Å². The van der Waals surface area contributed by atoms with E-state index in [1.807, 2.05) is 24.3 Å². The first-order valence-corrected chi connectivity index (χ1v) is 6.03. The number of nitrogens with one attached hydrogen (secondary N) is 1. The second-order valence-corrected chi connectivity index (χ2v) is 4.68. The number of hydrogen-bond acceptors (Lipinski definition) is 4. The molecule has 1 aliphatic rings. The molecule has 0 bridgehead atoms. The molecule has 1 aromatic rings. The Hall–Kier alpha value is -1.10. The summed E-state index contributed by atoms with van der Waals surface area (Å²) in [5, 5.41) is 13.5. The Morgan fingerprint density at radius 1 is 1.24 bits per heavy atom. The summed E-state index contributed by atoms with van der Waals surface area (Å²) in [6, 6.07) is 7.77. The third-order valence-corrected chi connectivity index (χ3v) is 3.19. The number of benzene rings is 1. The van der Waals surface area contributed by atoms with Gasteiger partial charge in [0.2, 0.25) is 0 Å². The first-order valence-electron chi connectivity index (χ1n) is 6.03. The second-order valence-electron chi connectivity index (χ2n) is 4.68. The van der Waals surface area contributed by atoms with Crippen molar-refractivity contribution in [3.8, 4) is 0 Å². The lowest BCUT2D eigenvalue weighted by molar-refractivity contribution is -0.0617. The average Bonchev–Trinajstić information content (AvgIpc) is 2.32. The molecule has 0 aromatic heterocycles. The van der Waals surface area contributed by atoms with Crippen molar-refractivity contribution < 1.29 is 9.84 Å². The van der Waals surface area contributed by atoms with Crippen molar-refractivity contribution in [1.29, 1.82) is 0 Å². The van der Waals surface area contributed by atoms with Crippen LogP contribution in [-0.2, 0) is 11.3 Å². The van der Waals surface area contributed by atoms with Gasteiger partial charge in [-0.05, 0) is 17.7 Å². The Morgan fingerprint density at radius 3 is 2.53 bits per heavy atom. The van der Waals surface area contributed by atoms with Crippen LogP contribution in [0.4, 0.5) is 5.69 Å². The summed E-state index contributed by atoms with van der Waals surface area (Å²) in [4.78, 5) is 0. The van der Waals surface area contributed by atoms with E-state index >= 15 is 0 Å². The van der Waals surface area contributed by atoms with Gasteiger partial charge in [-0.2, -0.15) is 0 Å². The molecule has 1 fully saturated rings. The third kappa shape index (κ3) is 3.70. The van der Waals surface area contributed by atoms with Crippen molar-refractivity contribution in [1.82, 2.24) is 5.32 Å². The van der Waals surface area contributed by atoms with E-state index in [-0.39, 0.29) is 0 Å². The molecule has 0 unspecified atom stereocenters. The fourth-order valence-corrected chi connectivity index (χ4v) is 2.00. The van der Waals surface area contributed by atoms with Crippen LogP contribution in [0.1, 0.15) is 18.4 Å². The monoisotopic (exact) mass is 236 g/mol. The summed E-state index contributed by atoms with van der Waals surface area (Å²) in [6.07, 6.45) is 1.42. The van der Waals surface area contributed by atoms with Crippen molar-refractivity contribution in [3.63, 3.8) is 0 Å². The Balaban J connectivity index is 1.77. The summed E-state index contributed by atoms with van der Waals surface area (Å²) < 4.78 is 5.24. The Labute approximate surface area is 102 Å². The average molecular weight is 236 g/mol. The topological polar surface area (TPSA) is 67.5 Å². The molecule has 4 heteroatoms. The minimum atomic E-state index is -0.605. The molecule has 4 N–H and O–H groups in total. The van der Waals surface area contributed by atoms with Crippen LogP contribution in [0.2, 0.25) is 0 Å². The van der Waals surface area contributed by atoms with Crippen LogP contribution in [0.5, 0.6) is 0 Å². The van der Waals surface area contributed by atoms with Gasteiger partial charge in [0.25, 0.3) is 0 Å². The summed E-state index contributed by atoms with van der Waals surface area (Å²) in [6.45, 7) is 2.67. The van der Waals surface area contributed by atoms with Crippen molar-refractivity contribution in [2.24, 2.45) is 0 Å². The van der Waals surface area contributed by atoms with Gasteiger partial charge in [-0.25, -0.2) is 0 Å². The van der Waals surface area contributed by atoms with Gasteiger partial charge in [0.05, 0.1) is 5.60 Å². The maximum absolute atomic E-state index is 10.2. The Bertz CT molecular complexity index is 345.